The summed E-state index contributed by atoms with van der Waals surface area (Å²) in [5, 5.41) is 30.4. The maximum Gasteiger partial charge on any atom is 2.00 e. The molecule has 0 radical (unpaired) electrons. The number of nitrogens with zero attached hydrogens (tertiary/aromatic N) is 2. The molecule has 4 aliphatic rings. The molecule has 0 saturated carbocycles. The zero-order valence-corrected chi connectivity index (χ0v) is 15.5. The molecule has 2 atom stereocenters. The second-order valence-electron chi connectivity index (χ2n) is 4.98. The van der Waals surface area contributed by atoms with Crippen molar-refractivity contribution in [2.45, 2.75) is 12.1 Å². The van der Waals surface area contributed by atoms with Gasteiger partial charge in [0.15, 0.2) is 0 Å². The Balaban J connectivity index is 0.000000160. The third-order valence-electron chi connectivity index (χ3n) is 3.49. The number of hydrogen-bond donors (Lipinski definition) is 0. The molecule has 2 aliphatic heterocycles. The fourth-order valence-corrected chi connectivity index (χ4v) is 2.39. The van der Waals surface area contributed by atoms with E-state index in [1.165, 1.54) is 0 Å². The van der Waals surface area contributed by atoms with Crippen molar-refractivity contribution in [1.82, 2.24) is 0 Å². The third-order valence-corrected chi connectivity index (χ3v) is 3.49. The van der Waals surface area contributed by atoms with Crippen LogP contribution in [0.5, 0.6) is 0 Å². The van der Waals surface area contributed by atoms with Gasteiger partial charge in [-0.05, 0) is 0 Å². The molecule has 0 aromatic rings. The topological polar surface area (TPSA) is 74.3 Å². The maximum atomic E-state index is 11.2. The first kappa shape index (κ1) is 17.1. The second-order valence-corrected chi connectivity index (χ2v) is 4.98. The zero-order valence-electron chi connectivity index (χ0n) is 12.5. The molecule has 4 nitrogen and oxygen atoms in total. The van der Waals surface area contributed by atoms with Gasteiger partial charge in [-0.2, -0.15) is 12.4 Å². The van der Waals surface area contributed by atoms with E-state index in [1.54, 1.807) is 36.7 Å². The Morgan fingerprint density at radius 2 is 1.09 bits per heavy atom. The average Bonchev–Trinajstić information content (AvgIpc) is 2.57. The smallest absolute Gasteiger partial charge is 0.876 e. The van der Waals surface area contributed by atoms with Gasteiger partial charge in [0.1, 0.15) is 0 Å². The van der Waals surface area contributed by atoms with Crippen LogP contribution in [0, 0.1) is 0 Å². The van der Waals surface area contributed by atoms with E-state index in [0.29, 0.717) is 0 Å². The predicted molar refractivity (Wildman–Crippen MR) is 83.2 cm³/mol. The molecule has 0 spiro atoms. The number of rotatable bonds is 0. The van der Waals surface area contributed by atoms with Gasteiger partial charge < -0.3 is 20.8 Å². The molecule has 0 N–H and O–H groups in total. The number of fused-ring (bicyclic) bond motifs is 2. The summed E-state index contributed by atoms with van der Waals surface area (Å²) in [5.74, 6) is 0.145. The van der Waals surface area contributed by atoms with E-state index < -0.39 is 0 Å². The Morgan fingerprint density at radius 1 is 0.652 bits per heavy atom. The summed E-state index contributed by atoms with van der Waals surface area (Å²) in [6, 6.07) is -0.519. The number of allylic oxidation sites excluding steroid dienone is 8. The first-order valence-electron chi connectivity index (χ1n) is 6.99. The van der Waals surface area contributed by atoms with E-state index in [9.17, 15) is 10.2 Å². The normalized spacial score (nSPS) is 25.6. The van der Waals surface area contributed by atoms with E-state index in [0.717, 1.165) is 11.1 Å². The summed E-state index contributed by atoms with van der Waals surface area (Å²) < 4.78 is 0. The molecule has 2 unspecified atom stereocenters. The van der Waals surface area contributed by atoms with E-state index in [-0.39, 0.29) is 43.1 Å². The Hall–Kier alpha value is -2.26. The second kappa shape index (κ2) is 7.84. The van der Waals surface area contributed by atoms with E-state index >= 15 is 0 Å². The first-order chi connectivity index (χ1) is 10.8. The monoisotopic (exact) mass is 354 g/mol. The summed E-state index contributed by atoms with van der Waals surface area (Å²) in [4.78, 5) is 0. The van der Waals surface area contributed by atoms with Gasteiger partial charge in [0.05, 0.1) is 0 Å². The molecule has 0 aromatic heterocycles. The molecule has 0 saturated heterocycles. The van der Waals surface area contributed by atoms with Gasteiger partial charge in [-0.3, -0.25) is 0 Å². The van der Waals surface area contributed by atoms with Crippen LogP contribution in [0.3, 0.4) is 0 Å². The molecule has 4 rings (SSSR count). The van der Waals surface area contributed by atoms with Crippen molar-refractivity contribution in [3.05, 3.63) is 106 Å². The Labute approximate surface area is 148 Å². The minimum Gasteiger partial charge on any atom is -0.876 e. The van der Waals surface area contributed by atoms with Crippen LogP contribution in [0.1, 0.15) is 0 Å². The van der Waals surface area contributed by atoms with Gasteiger partial charge in [-0.15, -0.1) is 11.5 Å². The minimum absolute atomic E-state index is 0. The van der Waals surface area contributed by atoms with Crippen LogP contribution in [0.15, 0.2) is 95.8 Å². The van der Waals surface area contributed by atoms with Crippen molar-refractivity contribution in [2.75, 3.05) is 0 Å². The van der Waals surface area contributed by atoms with Crippen molar-refractivity contribution in [1.29, 1.82) is 0 Å². The SMILES string of the molecule is [O-]C1=CC=CC2=CC=C[N-]C12.[O-]C1=CC=CC2=CC=C[N-]C12.[Zn+2]. The quantitative estimate of drug-likeness (QED) is 0.623. The summed E-state index contributed by atoms with van der Waals surface area (Å²) in [6.45, 7) is 0. The van der Waals surface area contributed by atoms with Crippen molar-refractivity contribution in [2.24, 2.45) is 0 Å². The standard InChI is InChI=1S/2C9H8NO.Zn/c2*11-8-5-1-3-7-4-2-6-10-9(7)8;/h2*1-6,9,11H;/q2*-1;+2/p-2. The largest absolute Gasteiger partial charge is 2.00 e. The fraction of sp³-hybridized carbons (Fsp3) is 0.111. The van der Waals surface area contributed by atoms with Gasteiger partial charge >= 0.3 is 19.5 Å². The average molecular weight is 356 g/mol. The van der Waals surface area contributed by atoms with Crippen LogP contribution in [0.2, 0.25) is 0 Å². The molecule has 5 heteroatoms. The van der Waals surface area contributed by atoms with Crippen LogP contribution in [-0.4, -0.2) is 12.1 Å². The van der Waals surface area contributed by atoms with Gasteiger partial charge in [0.2, 0.25) is 0 Å². The van der Waals surface area contributed by atoms with Gasteiger partial charge in [0, 0.05) is 0 Å². The molecule has 2 heterocycles. The third kappa shape index (κ3) is 3.94. The zero-order chi connectivity index (χ0) is 15.4. The Kier molecular flexibility index (Phi) is 5.83. The summed E-state index contributed by atoms with van der Waals surface area (Å²) in [7, 11) is 0. The van der Waals surface area contributed by atoms with Crippen molar-refractivity contribution < 1.29 is 29.7 Å². The predicted octanol–water partition coefficient (Wildman–Crippen LogP) is 1.99. The van der Waals surface area contributed by atoms with Gasteiger partial charge in [-0.25, -0.2) is 0 Å². The first-order valence-corrected chi connectivity index (χ1v) is 6.99. The fourth-order valence-electron chi connectivity index (χ4n) is 2.39. The molecule has 0 bridgehead atoms. The van der Waals surface area contributed by atoms with Crippen LogP contribution < -0.4 is 10.2 Å². The molecule has 23 heavy (non-hydrogen) atoms. The Morgan fingerprint density at radius 3 is 1.48 bits per heavy atom. The summed E-state index contributed by atoms with van der Waals surface area (Å²) in [6.07, 6.45) is 21.3. The summed E-state index contributed by atoms with van der Waals surface area (Å²) >= 11 is 0. The van der Waals surface area contributed by atoms with Crippen molar-refractivity contribution in [3.63, 3.8) is 0 Å². The molecule has 0 amide bonds. The number of hydrogen-bond acceptors (Lipinski definition) is 2. The molecule has 2 aliphatic carbocycles. The molecule has 0 fully saturated rings. The minimum atomic E-state index is -0.259. The van der Waals surface area contributed by atoms with Crippen molar-refractivity contribution >= 4 is 0 Å². The van der Waals surface area contributed by atoms with Crippen LogP contribution in [0.4, 0.5) is 0 Å². The Bertz CT molecular complexity index is 634. The molecule has 112 valence electrons. The van der Waals surface area contributed by atoms with Crippen molar-refractivity contribution in [3.8, 4) is 0 Å². The van der Waals surface area contributed by atoms with E-state index in [1.807, 2.05) is 36.5 Å². The van der Waals surface area contributed by atoms with E-state index in [4.69, 9.17) is 0 Å². The van der Waals surface area contributed by atoms with Crippen LogP contribution in [0.25, 0.3) is 10.6 Å². The molecular formula is C18H14N2O2Zn-2. The van der Waals surface area contributed by atoms with Crippen LogP contribution in [-0.2, 0) is 19.5 Å². The molecule has 0 aromatic carbocycles. The van der Waals surface area contributed by atoms with Gasteiger partial charge in [-0.1, -0.05) is 84.0 Å². The maximum absolute atomic E-state index is 11.2. The van der Waals surface area contributed by atoms with Gasteiger partial charge in [0.25, 0.3) is 0 Å². The van der Waals surface area contributed by atoms with Crippen LogP contribution >= 0.6 is 0 Å². The summed E-state index contributed by atoms with van der Waals surface area (Å²) in [5.41, 5.74) is 1.97. The van der Waals surface area contributed by atoms with E-state index in [2.05, 4.69) is 10.6 Å². The molecular weight excluding hydrogens is 342 g/mol.